The number of rotatable bonds is 7. The average Bonchev–Trinajstić information content (AvgIpc) is 2.84. The molecule has 0 radical (unpaired) electrons. The summed E-state index contributed by atoms with van der Waals surface area (Å²) in [7, 11) is 0. The summed E-state index contributed by atoms with van der Waals surface area (Å²) in [6.45, 7) is 6.28. The molecule has 4 nitrogen and oxygen atoms in total. The molecule has 0 aromatic heterocycles. The van der Waals surface area contributed by atoms with E-state index in [-0.39, 0.29) is 31.2 Å². The van der Waals surface area contributed by atoms with E-state index in [1.54, 1.807) is 0 Å². The molecule has 2 aliphatic rings. The molecular formula is C16H26O4. The lowest BCUT2D eigenvalue weighted by Gasteiger charge is -2.25. The van der Waals surface area contributed by atoms with E-state index in [2.05, 4.69) is 12.8 Å². The fraction of sp³-hybridized carbons (Fsp3) is 0.875. The van der Waals surface area contributed by atoms with Crippen LogP contribution >= 0.6 is 0 Å². The smallest absolute Gasteiger partial charge is 0.190 e. The Morgan fingerprint density at radius 1 is 1.20 bits per heavy atom. The highest BCUT2D eigenvalue weighted by Crippen LogP contribution is 2.39. The summed E-state index contributed by atoms with van der Waals surface area (Å²) < 4.78 is 23.4. The zero-order valence-corrected chi connectivity index (χ0v) is 12.8. The largest absolute Gasteiger partial charge is 0.360 e. The molecule has 0 aromatic carbocycles. The number of unbranched alkanes of at least 4 members (excludes halogenated alkanes) is 3. The maximum absolute atomic E-state index is 5.97. The normalized spacial score (nSPS) is 34.9. The van der Waals surface area contributed by atoms with Crippen molar-refractivity contribution in [2.75, 3.05) is 6.61 Å². The summed E-state index contributed by atoms with van der Waals surface area (Å²) in [5, 5.41) is 0. The number of hydrogen-bond donors (Lipinski definition) is 0. The van der Waals surface area contributed by atoms with Crippen LogP contribution in [-0.2, 0) is 18.9 Å². The van der Waals surface area contributed by atoms with E-state index in [9.17, 15) is 0 Å². The summed E-state index contributed by atoms with van der Waals surface area (Å²) in [6.07, 6.45) is 10.5. The molecule has 2 rings (SSSR count). The van der Waals surface area contributed by atoms with Crippen LogP contribution in [0.1, 0.15) is 52.9 Å². The van der Waals surface area contributed by atoms with E-state index < -0.39 is 5.79 Å². The zero-order chi connectivity index (χ0) is 14.6. The monoisotopic (exact) mass is 282 g/mol. The van der Waals surface area contributed by atoms with Gasteiger partial charge in [0.15, 0.2) is 12.1 Å². The summed E-state index contributed by atoms with van der Waals surface area (Å²) in [5.41, 5.74) is 0. The summed E-state index contributed by atoms with van der Waals surface area (Å²) in [4.78, 5) is 0. The first-order valence-corrected chi connectivity index (χ1v) is 7.63. The van der Waals surface area contributed by atoms with Crippen molar-refractivity contribution in [3.8, 4) is 12.3 Å². The van der Waals surface area contributed by atoms with Crippen LogP contribution in [0.5, 0.6) is 0 Å². The van der Waals surface area contributed by atoms with Crippen molar-refractivity contribution in [3.63, 3.8) is 0 Å². The number of hydrogen-bond acceptors (Lipinski definition) is 4. The molecular weight excluding hydrogens is 256 g/mol. The Hall–Kier alpha value is -0.600. The summed E-state index contributed by atoms with van der Waals surface area (Å²) in [6, 6.07) is 0. The van der Waals surface area contributed by atoms with Crippen LogP contribution in [-0.4, -0.2) is 37.0 Å². The molecule has 114 valence electrons. The van der Waals surface area contributed by atoms with Gasteiger partial charge in [0.05, 0.1) is 6.10 Å². The van der Waals surface area contributed by atoms with Crippen molar-refractivity contribution < 1.29 is 18.9 Å². The molecule has 4 heteroatoms. The van der Waals surface area contributed by atoms with E-state index in [1.807, 2.05) is 13.8 Å². The quantitative estimate of drug-likeness (QED) is 0.531. The molecule has 2 fully saturated rings. The minimum absolute atomic E-state index is 0.0197. The van der Waals surface area contributed by atoms with Crippen LogP contribution in [0, 0.1) is 12.3 Å². The topological polar surface area (TPSA) is 36.9 Å². The number of ether oxygens (including phenoxy) is 4. The van der Waals surface area contributed by atoms with Crippen LogP contribution in [0.15, 0.2) is 0 Å². The Kier molecular flexibility index (Phi) is 5.45. The highest BCUT2D eigenvalue weighted by atomic mass is 16.8. The van der Waals surface area contributed by atoms with Gasteiger partial charge in [-0.05, 0) is 20.3 Å². The fourth-order valence-electron chi connectivity index (χ4n) is 2.90. The van der Waals surface area contributed by atoms with Crippen molar-refractivity contribution in [2.45, 2.75) is 83.3 Å². The van der Waals surface area contributed by atoms with Gasteiger partial charge >= 0.3 is 0 Å². The second kappa shape index (κ2) is 6.91. The van der Waals surface area contributed by atoms with Crippen molar-refractivity contribution in [1.29, 1.82) is 0 Å². The second-order valence-corrected chi connectivity index (χ2v) is 5.97. The lowest BCUT2D eigenvalue weighted by atomic mass is 10.0. The van der Waals surface area contributed by atoms with Crippen LogP contribution in [0.3, 0.4) is 0 Å². The van der Waals surface area contributed by atoms with Crippen molar-refractivity contribution in [1.82, 2.24) is 0 Å². The van der Waals surface area contributed by atoms with Crippen molar-refractivity contribution >= 4 is 0 Å². The molecule has 0 N–H and O–H groups in total. The summed E-state index contributed by atoms with van der Waals surface area (Å²) in [5.74, 6) is 1.91. The van der Waals surface area contributed by atoms with Gasteiger partial charge in [0, 0.05) is 0 Å². The third kappa shape index (κ3) is 3.73. The molecule has 0 unspecified atom stereocenters. The third-order valence-corrected chi connectivity index (χ3v) is 3.79. The Balaban J connectivity index is 1.90. The molecule has 0 bridgehead atoms. The fourth-order valence-corrected chi connectivity index (χ4v) is 2.90. The van der Waals surface area contributed by atoms with E-state index in [4.69, 9.17) is 25.4 Å². The predicted octanol–water partition coefficient (Wildman–Crippen LogP) is 2.85. The number of fused-ring (bicyclic) bond motifs is 1. The first kappa shape index (κ1) is 15.8. The van der Waals surface area contributed by atoms with Crippen LogP contribution in [0.2, 0.25) is 0 Å². The second-order valence-electron chi connectivity index (χ2n) is 5.97. The van der Waals surface area contributed by atoms with Gasteiger partial charge in [-0.1, -0.05) is 38.5 Å². The standard InChI is InChI=1S/C16H26O4/c1-5-7-8-9-10-12-13(17-11-6-2)14-15(18-12)20-16(3,4)19-14/h2,12-15H,5,7-11H2,1,3-4H3/t12-,13+,14-,15-/m1/s1. The first-order chi connectivity index (χ1) is 9.57. The molecule has 2 saturated heterocycles. The molecule has 0 amide bonds. The van der Waals surface area contributed by atoms with Gasteiger partial charge in [0.25, 0.3) is 0 Å². The van der Waals surface area contributed by atoms with Crippen LogP contribution in [0.25, 0.3) is 0 Å². The highest BCUT2D eigenvalue weighted by Gasteiger charge is 2.54. The molecule has 0 aliphatic carbocycles. The van der Waals surface area contributed by atoms with Gasteiger partial charge < -0.3 is 18.9 Å². The molecule has 2 aliphatic heterocycles. The maximum atomic E-state index is 5.97. The number of terminal acetylenes is 1. The Morgan fingerprint density at radius 2 is 2.00 bits per heavy atom. The first-order valence-electron chi connectivity index (χ1n) is 7.63. The minimum atomic E-state index is -0.611. The van der Waals surface area contributed by atoms with Gasteiger partial charge in [-0.3, -0.25) is 0 Å². The van der Waals surface area contributed by atoms with Gasteiger partial charge in [-0.15, -0.1) is 6.42 Å². The van der Waals surface area contributed by atoms with Crippen LogP contribution in [0.4, 0.5) is 0 Å². The van der Waals surface area contributed by atoms with E-state index >= 15 is 0 Å². The molecule has 2 heterocycles. The van der Waals surface area contributed by atoms with Crippen molar-refractivity contribution in [3.05, 3.63) is 0 Å². The van der Waals surface area contributed by atoms with Gasteiger partial charge in [-0.2, -0.15) is 0 Å². The third-order valence-electron chi connectivity index (χ3n) is 3.79. The molecule has 0 spiro atoms. The zero-order valence-electron chi connectivity index (χ0n) is 12.8. The molecule has 0 saturated carbocycles. The Morgan fingerprint density at radius 3 is 2.70 bits per heavy atom. The highest BCUT2D eigenvalue weighted by molar-refractivity contribution is 4.95. The van der Waals surface area contributed by atoms with Crippen LogP contribution < -0.4 is 0 Å². The van der Waals surface area contributed by atoms with E-state index in [0.29, 0.717) is 0 Å². The summed E-state index contributed by atoms with van der Waals surface area (Å²) >= 11 is 0. The average molecular weight is 282 g/mol. The van der Waals surface area contributed by atoms with E-state index in [0.717, 1.165) is 12.8 Å². The Bertz CT molecular complexity index is 347. The lowest BCUT2D eigenvalue weighted by Crippen LogP contribution is -2.37. The minimum Gasteiger partial charge on any atom is -0.360 e. The Labute approximate surface area is 122 Å². The molecule has 20 heavy (non-hydrogen) atoms. The van der Waals surface area contributed by atoms with Gasteiger partial charge in [0.1, 0.15) is 18.8 Å². The van der Waals surface area contributed by atoms with Gasteiger partial charge in [0.2, 0.25) is 0 Å². The van der Waals surface area contributed by atoms with Crippen molar-refractivity contribution in [2.24, 2.45) is 0 Å². The maximum Gasteiger partial charge on any atom is 0.190 e. The molecule has 4 atom stereocenters. The van der Waals surface area contributed by atoms with Gasteiger partial charge in [-0.25, -0.2) is 0 Å². The molecule has 0 aromatic rings. The lowest BCUT2D eigenvalue weighted by molar-refractivity contribution is -0.218. The van der Waals surface area contributed by atoms with E-state index in [1.165, 1.54) is 19.3 Å². The SMILES string of the molecule is C#CCO[C@@H]1[C@H]2OC(C)(C)O[C@H]2O[C@@H]1CCCCCC. The predicted molar refractivity (Wildman–Crippen MR) is 76.0 cm³/mol.